The first-order valence-corrected chi connectivity index (χ1v) is 6.50. The van der Waals surface area contributed by atoms with Gasteiger partial charge in [0.15, 0.2) is 5.69 Å². The van der Waals surface area contributed by atoms with Crippen LogP contribution in [0.1, 0.15) is 21.6 Å². The maximum atomic E-state index is 11.5. The lowest BCUT2D eigenvalue weighted by Crippen LogP contribution is -2.31. The molecule has 0 fully saturated rings. The molecule has 5 nitrogen and oxygen atoms in total. The van der Waals surface area contributed by atoms with E-state index in [2.05, 4.69) is 37.8 Å². The summed E-state index contributed by atoms with van der Waals surface area (Å²) in [6.07, 6.45) is 4.08. The third-order valence-corrected chi connectivity index (χ3v) is 3.47. The molecule has 0 saturated carbocycles. The molecule has 0 radical (unpaired) electrons. The Labute approximate surface area is 117 Å². The smallest absolute Gasteiger partial charge is 0.358 e. The first-order valence-electron chi connectivity index (χ1n) is 6.50. The van der Waals surface area contributed by atoms with Crippen molar-refractivity contribution in [2.45, 2.75) is 13.0 Å². The van der Waals surface area contributed by atoms with E-state index in [0.717, 1.165) is 19.5 Å². The van der Waals surface area contributed by atoms with Crippen LogP contribution in [0.25, 0.3) is 0 Å². The van der Waals surface area contributed by atoms with Gasteiger partial charge in [0, 0.05) is 13.1 Å². The van der Waals surface area contributed by atoms with Gasteiger partial charge in [-0.2, -0.15) is 0 Å². The van der Waals surface area contributed by atoms with Crippen LogP contribution in [0.4, 0.5) is 5.82 Å². The Morgan fingerprint density at radius 1 is 1.25 bits per heavy atom. The number of benzene rings is 1. The second-order valence-corrected chi connectivity index (χ2v) is 4.69. The SMILES string of the molecule is COC(=O)c1cncc(N2CCc3ccccc3C2)n1. The van der Waals surface area contributed by atoms with Gasteiger partial charge in [-0.15, -0.1) is 0 Å². The zero-order chi connectivity index (χ0) is 13.9. The van der Waals surface area contributed by atoms with Crippen LogP contribution in [0, 0.1) is 0 Å². The minimum absolute atomic E-state index is 0.240. The Morgan fingerprint density at radius 2 is 2.05 bits per heavy atom. The third kappa shape index (κ3) is 2.34. The summed E-state index contributed by atoms with van der Waals surface area (Å²) < 4.78 is 4.67. The lowest BCUT2D eigenvalue weighted by molar-refractivity contribution is 0.0593. The monoisotopic (exact) mass is 269 g/mol. The second-order valence-electron chi connectivity index (χ2n) is 4.69. The van der Waals surface area contributed by atoms with E-state index >= 15 is 0 Å². The van der Waals surface area contributed by atoms with E-state index in [1.807, 2.05) is 6.07 Å². The molecule has 102 valence electrons. The minimum Gasteiger partial charge on any atom is -0.464 e. The van der Waals surface area contributed by atoms with Crippen molar-refractivity contribution in [1.29, 1.82) is 0 Å². The quantitative estimate of drug-likeness (QED) is 0.778. The van der Waals surface area contributed by atoms with Crippen molar-refractivity contribution in [1.82, 2.24) is 9.97 Å². The van der Waals surface area contributed by atoms with E-state index in [-0.39, 0.29) is 5.69 Å². The van der Waals surface area contributed by atoms with Crippen molar-refractivity contribution in [3.05, 3.63) is 53.5 Å². The van der Waals surface area contributed by atoms with Gasteiger partial charge in [-0.3, -0.25) is 4.98 Å². The average Bonchev–Trinajstić information content (AvgIpc) is 2.53. The van der Waals surface area contributed by atoms with Gasteiger partial charge < -0.3 is 9.64 Å². The number of esters is 1. The predicted octanol–water partition coefficient (Wildman–Crippen LogP) is 1.83. The van der Waals surface area contributed by atoms with Gasteiger partial charge in [0.2, 0.25) is 0 Å². The molecule has 0 saturated heterocycles. The number of carbonyl (C=O) groups excluding carboxylic acids is 1. The van der Waals surface area contributed by atoms with E-state index in [0.29, 0.717) is 5.82 Å². The summed E-state index contributed by atoms with van der Waals surface area (Å²) in [6, 6.07) is 8.38. The standard InChI is InChI=1S/C15H15N3O2/c1-20-15(19)13-8-16-9-14(17-13)18-7-6-11-4-2-3-5-12(11)10-18/h2-5,8-9H,6-7,10H2,1H3. The van der Waals surface area contributed by atoms with Crippen LogP contribution < -0.4 is 4.90 Å². The Kier molecular flexibility index (Phi) is 3.33. The largest absolute Gasteiger partial charge is 0.464 e. The molecular formula is C15H15N3O2. The Morgan fingerprint density at radius 3 is 2.85 bits per heavy atom. The molecule has 2 heterocycles. The molecule has 0 unspecified atom stereocenters. The maximum Gasteiger partial charge on any atom is 0.358 e. The van der Waals surface area contributed by atoms with E-state index in [9.17, 15) is 4.79 Å². The fourth-order valence-electron chi connectivity index (χ4n) is 2.40. The molecule has 0 spiro atoms. The first-order chi connectivity index (χ1) is 9.78. The molecule has 0 amide bonds. The Balaban J connectivity index is 1.86. The minimum atomic E-state index is -0.461. The summed E-state index contributed by atoms with van der Waals surface area (Å²) in [6.45, 7) is 1.66. The van der Waals surface area contributed by atoms with Gasteiger partial charge in [0.1, 0.15) is 5.82 Å². The van der Waals surface area contributed by atoms with Gasteiger partial charge in [0.25, 0.3) is 0 Å². The second kappa shape index (κ2) is 5.28. The zero-order valence-electron chi connectivity index (χ0n) is 11.2. The van der Waals surface area contributed by atoms with Crippen LogP contribution in [-0.4, -0.2) is 29.6 Å². The molecule has 0 bridgehead atoms. The topological polar surface area (TPSA) is 55.3 Å². The van der Waals surface area contributed by atoms with E-state index in [1.54, 1.807) is 6.20 Å². The summed E-state index contributed by atoms with van der Waals surface area (Å²) in [5.41, 5.74) is 2.91. The number of fused-ring (bicyclic) bond motifs is 1. The number of aromatic nitrogens is 2. The Bertz CT molecular complexity index is 643. The molecule has 3 rings (SSSR count). The number of hydrogen-bond donors (Lipinski definition) is 0. The van der Waals surface area contributed by atoms with Crippen molar-refractivity contribution in [3.8, 4) is 0 Å². The van der Waals surface area contributed by atoms with Crippen LogP contribution >= 0.6 is 0 Å². The summed E-state index contributed by atoms with van der Waals surface area (Å²) in [5.74, 6) is 0.249. The number of nitrogens with zero attached hydrogens (tertiary/aromatic N) is 3. The molecule has 1 aliphatic heterocycles. The molecule has 1 aromatic heterocycles. The number of rotatable bonds is 2. The summed E-state index contributed by atoms with van der Waals surface area (Å²) in [4.78, 5) is 22.0. The molecule has 0 atom stereocenters. The molecule has 0 aliphatic carbocycles. The van der Waals surface area contributed by atoms with Gasteiger partial charge in [-0.25, -0.2) is 9.78 Å². The maximum absolute atomic E-state index is 11.5. The van der Waals surface area contributed by atoms with Crippen molar-refractivity contribution >= 4 is 11.8 Å². The van der Waals surface area contributed by atoms with Crippen molar-refractivity contribution in [3.63, 3.8) is 0 Å². The Hall–Kier alpha value is -2.43. The zero-order valence-corrected chi connectivity index (χ0v) is 11.2. The molecule has 1 aliphatic rings. The van der Waals surface area contributed by atoms with Crippen molar-refractivity contribution < 1.29 is 9.53 Å². The van der Waals surface area contributed by atoms with Gasteiger partial charge in [-0.05, 0) is 17.5 Å². The number of carbonyl (C=O) groups is 1. The van der Waals surface area contributed by atoms with Crippen molar-refractivity contribution in [2.24, 2.45) is 0 Å². The average molecular weight is 269 g/mol. The fourth-order valence-corrected chi connectivity index (χ4v) is 2.40. The molecule has 2 aromatic rings. The summed E-state index contributed by atoms with van der Waals surface area (Å²) in [5, 5.41) is 0. The third-order valence-electron chi connectivity index (χ3n) is 3.47. The van der Waals surface area contributed by atoms with Crippen LogP contribution in [0.5, 0.6) is 0 Å². The number of hydrogen-bond acceptors (Lipinski definition) is 5. The van der Waals surface area contributed by atoms with Crippen LogP contribution in [0.3, 0.4) is 0 Å². The van der Waals surface area contributed by atoms with Gasteiger partial charge in [0.05, 0.1) is 19.5 Å². The highest BCUT2D eigenvalue weighted by Crippen LogP contribution is 2.22. The van der Waals surface area contributed by atoms with Crippen molar-refractivity contribution in [2.75, 3.05) is 18.6 Å². The predicted molar refractivity (Wildman–Crippen MR) is 74.6 cm³/mol. The lowest BCUT2D eigenvalue weighted by Gasteiger charge is -2.29. The van der Waals surface area contributed by atoms with Crippen LogP contribution in [-0.2, 0) is 17.7 Å². The highest BCUT2D eigenvalue weighted by atomic mass is 16.5. The lowest BCUT2D eigenvalue weighted by atomic mass is 10.0. The fraction of sp³-hybridized carbons (Fsp3) is 0.267. The highest BCUT2D eigenvalue weighted by molar-refractivity contribution is 5.87. The number of ether oxygens (including phenoxy) is 1. The van der Waals surface area contributed by atoms with E-state index < -0.39 is 5.97 Å². The molecule has 5 heteroatoms. The first kappa shape index (κ1) is 12.6. The van der Waals surface area contributed by atoms with E-state index in [1.165, 1.54) is 24.4 Å². The number of anilines is 1. The van der Waals surface area contributed by atoms with E-state index in [4.69, 9.17) is 0 Å². The molecule has 0 N–H and O–H groups in total. The number of methoxy groups -OCH3 is 1. The summed E-state index contributed by atoms with van der Waals surface area (Å²) >= 11 is 0. The van der Waals surface area contributed by atoms with Gasteiger partial charge in [-0.1, -0.05) is 24.3 Å². The van der Waals surface area contributed by atoms with Crippen LogP contribution in [0.2, 0.25) is 0 Å². The normalized spacial score (nSPS) is 13.8. The molecule has 1 aromatic carbocycles. The molecular weight excluding hydrogens is 254 g/mol. The summed E-state index contributed by atoms with van der Waals surface area (Å²) in [7, 11) is 1.34. The van der Waals surface area contributed by atoms with Gasteiger partial charge >= 0.3 is 5.97 Å². The molecule has 20 heavy (non-hydrogen) atoms. The van der Waals surface area contributed by atoms with Crippen LogP contribution in [0.15, 0.2) is 36.7 Å². The highest BCUT2D eigenvalue weighted by Gasteiger charge is 2.18.